The van der Waals surface area contributed by atoms with Crippen LogP contribution >= 0.6 is 11.3 Å². The molecule has 1 atom stereocenters. The molecule has 2 heterocycles. The van der Waals surface area contributed by atoms with Crippen LogP contribution < -0.4 is 5.76 Å². The van der Waals surface area contributed by atoms with Gasteiger partial charge in [0.1, 0.15) is 0 Å². The van der Waals surface area contributed by atoms with Gasteiger partial charge in [0.05, 0.1) is 22.3 Å². The molecule has 23 heavy (non-hydrogen) atoms. The number of oxazole rings is 1. The average molecular weight is 331 g/mol. The Morgan fingerprint density at radius 2 is 2.09 bits per heavy atom. The predicted octanol–water partition coefficient (Wildman–Crippen LogP) is 3.36. The Morgan fingerprint density at radius 1 is 1.35 bits per heavy atom. The number of fused-ring (bicyclic) bond motifs is 1. The molecule has 0 fully saturated rings. The average Bonchev–Trinajstić information content (AvgIpc) is 3.02. The number of likely N-dealkylation sites (N-methyl/N-ethyl adjacent to an activating group) is 1. The highest BCUT2D eigenvalue weighted by atomic mass is 32.1. The molecule has 122 valence electrons. The summed E-state index contributed by atoms with van der Waals surface area (Å²) in [7, 11) is 2.06. The summed E-state index contributed by atoms with van der Waals surface area (Å²) in [6.45, 7) is 7.64. The van der Waals surface area contributed by atoms with Crippen molar-refractivity contribution in [2.45, 2.75) is 33.4 Å². The molecule has 0 aliphatic carbocycles. The first-order chi connectivity index (χ1) is 11.0. The number of hydrogen-bond donors (Lipinski definition) is 0. The van der Waals surface area contributed by atoms with E-state index in [9.17, 15) is 4.79 Å². The Labute approximate surface area is 139 Å². The van der Waals surface area contributed by atoms with E-state index in [0.717, 1.165) is 22.8 Å². The molecule has 0 saturated heterocycles. The van der Waals surface area contributed by atoms with Crippen molar-refractivity contribution < 1.29 is 4.42 Å². The molecule has 0 aliphatic heterocycles. The van der Waals surface area contributed by atoms with Crippen molar-refractivity contribution in [3.63, 3.8) is 0 Å². The van der Waals surface area contributed by atoms with Crippen LogP contribution in [0.15, 0.2) is 33.5 Å². The van der Waals surface area contributed by atoms with E-state index in [1.807, 2.05) is 31.2 Å². The van der Waals surface area contributed by atoms with Gasteiger partial charge in [0.25, 0.3) is 0 Å². The first-order valence-corrected chi connectivity index (χ1v) is 8.51. The highest BCUT2D eigenvalue weighted by Gasteiger charge is 2.18. The second-order valence-electron chi connectivity index (χ2n) is 5.82. The Bertz CT molecular complexity index is 877. The van der Waals surface area contributed by atoms with Gasteiger partial charge in [0.15, 0.2) is 5.58 Å². The molecule has 3 aromatic rings. The van der Waals surface area contributed by atoms with Gasteiger partial charge in [-0.25, -0.2) is 9.78 Å². The van der Waals surface area contributed by atoms with Gasteiger partial charge < -0.3 is 4.42 Å². The highest BCUT2D eigenvalue weighted by Crippen LogP contribution is 2.25. The van der Waals surface area contributed by atoms with Crippen molar-refractivity contribution in [2.75, 3.05) is 13.6 Å². The van der Waals surface area contributed by atoms with E-state index in [0.29, 0.717) is 12.1 Å². The van der Waals surface area contributed by atoms with Crippen LogP contribution in [-0.2, 0) is 6.54 Å². The molecule has 2 aromatic heterocycles. The summed E-state index contributed by atoms with van der Waals surface area (Å²) in [6.07, 6.45) is 0. The minimum atomic E-state index is -0.298. The van der Waals surface area contributed by atoms with E-state index in [-0.39, 0.29) is 11.8 Å². The molecule has 6 heteroatoms. The number of hydrogen-bond acceptors (Lipinski definition) is 5. The maximum Gasteiger partial charge on any atom is 0.419 e. The summed E-state index contributed by atoms with van der Waals surface area (Å²) in [5.74, 6) is -0.298. The van der Waals surface area contributed by atoms with Gasteiger partial charge in [0, 0.05) is 18.0 Å². The van der Waals surface area contributed by atoms with Gasteiger partial charge in [-0.3, -0.25) is 9.47 Å². The number of rotatable bonds is 5. The van der Waals surface area contributed by atoms with Gasteiger partial charge in [-0.1, -0.05) is 12.1 Å². The smallest absolute Gasteiger partial charge is 0.408 e. The summed E-state index contributed by atoms with van der Waals surface area (Å²) in [5.41, 5.74) is 2.61. The van der Waals surface area contributed by atoms with Crippen LogP contribution in [0.5, 0.6) is 0 Å². The lowest BCUT2D eigenvalue weighted by atomic mass is 10.2. The standard InChI is InChI=1S/C17H21N3O2S/c1-11(16-12(2)23-13(3)18-16)19(4)9-10-20-14-7-5-6-8-15(14)22-17(20)21/h5-8,11H,9-10H2,1-4H3/t11-/m1/s1. The summed E-state index contributed by atoms with van der Waals surface area (Å²) in [4.78, 5) is 20.1. The Kier molecular flexibility index (Phi) is 4.37. The largest absolute Gasteiger partial charge is 0.419 e. The maximum absolute atomic E-state index is 12.0. The summed E-state index contributed by atoms with van der Waals surface area (Å²) >= 11 is 1.73. The van der Waals surface area contributed by atoms with Crippen molar-refractivity contribution in [1.82, 2.24) is 14.5 Å². The molecule has 0 unspecified atom stereocenters. The lowest BCUT2D eigenvalue weighted by Gasteiger charge is -2.24. The number of nitrogens with zero attached hydrogens (tertiary/aromatic N) is 3. The quantitative estimate of drug-likeness (QED) is 0.719. The molecular weight excluding hydrogens is 310 g/mol. The van der Waals surface area contributed by atoms with Crippen LogP contribution in [0.2, 0.25) is 0 Å². The fraction of sp³-hybridized carbons (Fsp3) is 0.412. The third kappa shape index (κ3) is 3.09. The van der Waals surface area contributed by atoms with Gasteiger partial charge in [0.2, 0.25) is 0 Å². The first kappa shape index (κ1) is 16.0. The summed E-state index contributed by atoms with van der Waals surface area (Å²) in [6, 6.07) is 7.74. The molecule has 0 spiro atoms. The molecule has 0 bridgehead atoms. The molecular formula is C17H21N3O2S. The van der Waals surface area contributed by atoms with Crippen LogP contribution in [0.25, 0.3) is 11.1 Å². The van der Waals surface area contributed by atoms with Crippen molar-refractivity contribution in [2.24, 2.45) is 0 Å². The van der Waals surface area contributed by atoms with Crippen molar-refractivity contribution in [3.8, 4) is 0 Å². The van der Waals surface area contributed by atoms with Gasteiger partial charge in [-0.05, 0) is 40.0 Å². The van der Waals surface area contributed by atoms with Gasteiger partial charge in [-0.2, -0.15) is 0 Å². The Morgan fingerprint density at radius 3 is 2.78 bits per heavy atom. The third-order valence-corrected chi connectivity index (χ3v) is 5.15. The molecule has 0 saturated carbocycles. The minimum Gasteiger partial charge on any atom is -0.408 e. The van der Waals surface area contributed by atoms with E-state index in [1.54, 1.807) is 15.9 Å². The van der Waals surface area contributed by atoms with Crippen molar-refractivity contribution >= 4 is 22.4 Å². The zero-order chi connectivity index (χ0) is 16.6. The lowest BCUT2D eigenvalue weighted by molar-refractivity contribution is 0.245. The molecule has 5 nitrogen and oxygen atoms in total. The normalized spacial score (nSPS) is 13.1. The second kappa shape index (κ2) is 6.29. The number of aromatic nitrogens is 2. The van der Waals surface area contributed by atoms with Gasteiger partial charge in [-0.15, -0.1) is 11.3 Å². The number of benzene rings is 1. The van der Waals surface area contributed by atoms with Crippen LogP contribution in [0, 0.1) is 13.8 Å². The molecule has 0 aliphatic rings. The number of thiazole rings is 1. The van der Waals surface area contributed by atoms with Gasteiger partial charge >= 0.3 is 5.76 Å². The molecule has 1 aromatic carbocycles. The van der Waals surface area contributed by atoms with E-state index >= 15 is 0 Å². The summed E-state index contributed by atoms with van der Waals surface area (Å²) < 4.78 is 6.97. The molecule has 0 radical (unpaired) electrons. The monoisotopic (exact) mass is 331 g/mol. The van der Waals surface area contributed by atoms with Crippen molar-refractivity contribution in [3.05, 3.63) is 50.4 Å². The number of aryl methyl sites for hydroxylation is 2. The maximum atomic E-state index is 12.0. The van der Waals surface area contributed by atoms with E-state index in [1.165, 1.54) is 4.88 Å². The number of para-hydroxylation sites is 2. The summed E-state index contributed by atoms with van der Waals surface area (Å²) in [5, 5.41) is 1.09. The van der Waals surface area contributed by atoms with E-state index in [2.05, 4.69) is 30.8 Å². The van der Waals surface area contributed by atoms with Crippen LogP contribution in [-0.4, -0.2) is 28.0 Å². The fourth-order valence-electron chi connectivity index (χ4n) is 2.82. The van der Waals surface area contributed by atoms with Crippen molar-refractivity contribution in [1.29, 1.82) is 0 Å². The zero-order valence-corrected chi connectivity index (χ0v) is 14.7. The predicted molar refractivity (Wildman–Crippen MR) is 93.1 cm³/mol. The SMILES string of the molecule is Cc1nc([C@@H](C)N(C)CCn2c(=O)oc3ccccc32)c(C)s1. The Hall–Kier alpha value is -1.92. The highest BCUT2D eigenvalue weighted by molar-refractivity contribution is 7.11. The second-order valence-corrected chi connectivity index (χ2v) is 7.23. The minimum absolute atomic E-state index is 0.216. The zero-order valence-electron chi connectivity index (χ0n) is 13.9. The van der Waals surface area contributed by atoms with Crippen LogP contribution in [0.4, 0.5) is 0 Å². The van der Waals surface area contributed by atoms with E-state index in [4.69, 9.17) is 4.42 Å². The molecule has 3 rings (SSSR count). The third-order valence-electron chi connectivity index (χ3n) is 4.25. The molecule has 0 N–H and O–H groups in total. The first-order valence-electron chi connectivity index (χ1n) is 7.70. The lowest BCUT2D eigenvalue weighted by Crippen LogP contribution is -2.29. The molecule has 0 amide bonds. The van der Waals surface area contributed by atoms with Crippen LogP contribution in [0.1, 0.15) is 28.5 Å². The topological polar surface area (TPSA) is 51.3 Å². The van der Waals surface area contributed by atoms with Crippen LogP contribution in [0.3, 0.4) is 0 Å². The Balaban J connectivity index is 1.75. The van der Waals surface area contributed by atoms with E-state index < -0.39 is 0 Å². The fourth-order valence-corrected chi connectivity index (χ4v) is 3.73.